The SMILES string of the molecule is Cc1cnc(C(C)NC(=O)c2cc(OC[C@H]3CCOC3)cc(-c3ncc(C4CCC4)s3)c2)cn1. The van der Waals surface area contributed by atoms with Gasteiger partial charge >= 0.3 is 0 Å². The molecule has 1 amide bonds. The number of benzene rings is 1. The van der Waals surface area contributed by atoms with Crippen LogP contribution in [-0.4, -0.2) is 40.7 Å². The van der Waals surface area contributed by atoms with E-state index in [-0.39, 0.29) is 11.9 Å². The molecule has 178 valence electrons. The molecule has 1 aliphatic carbocycles. The van der Waals surface area contributed by atoms with Crippen molar-refractivity contribution in [2.75, 3.05) is 19.8 Å². The van der Waals surface area contributed by atoms with Crippen molar-refractivity contribution in [3.63, 3.8) is 0 Å². The average molecular weight is 479 g/mol. The molecular formula is C26H30N4O3S. The molecule has 7 nitrogen and oxygen atoms in total. The van der Waals surface area contributed by atoms with Gasteiger partial charge in [0, 0.05) is 40.9 Å². The van der Waals surface area contributed by atoms with Crippen molar-refractivity contribution in [1.29, 1.82) is 0 Å². The quantitative estimate of drug-likeness (QED) is 0.486. The first-order valence-corrected chi connectivity index (χ1v) is 12.8. The fourth-order valence-electron chi connectivity index (χ4n) is 4.15. The summed E-state index contributed by atoms with van der Waals surface area (Å²) in [7, 11) is 0. The van der Waals surface area contributed by atoms with Crippen molar-refractivity contribution in [3.05, 3.63) is 58.6 Å². The first kappa shape index (κ1) is 22.9. The van der Waals surface area contributed by atoms with Crippen LogP contribution in [0.25, 0.3) is 10.6 Å². The Bertz CT molecular complexity index is 1140. The molecule has 8 heteroatoms. The molecule has 2 atom stereocenters. The van der Waals surface area contributed by atoms with Gasteiger partial charge in [0.1, 0.15) is 10.8 Å². The van der Waals surface area contributed by atoms with Gasteiger partial charge < -0.3 is 14.8 Å². The molecule has 2 aromatic heterocycles. The lowest BCUT2D eigenvalue weighted by Crippen LogP contribution is -2.27. The normalized spacial score (nSPS) is 18.9. The molecule has 1 saturated heterocycles. The minimum absolute atomic E-state index is 0.179. The number of carbonyl (C=O) groups is 1. The van der Waals surface area contributed by atoms with Crippen LogP contribution in [-0.2, 0) is 4.74 Å². The number of ether oxygens (including phenoxy) is 2. The summed E-state index contributed by atoms with van der Waals surface area (Å²) in [6, 6.07) is 5.43. The molecule has 1 aliphatic heterocycles. The molecular weight excluding hydrogens is 448 g/mol. The lowest BCUT2D eigenvalue weighted by atomic mass is 9.85. The zero-order valence-corrected chi connectivity index (χ0v) is 20.4. The molecule has 3 heterocycles. The van der Waals surface area contributed by atoms with Crippen molar-refractivity contribution in [2.24, 2.45) is 5.92 Å². The van der Waals surface area contributed by atoms with Crippen LogP contribution in [0.1, 0.15) is 71.2 Å². The van der Waals surface area contributed by atoms with Gasteiger partial charge in [-0.05, 0) is 57.2 Å². The van der Waals surface area contributed by atoms with Crippen LogP contribution >= 0.6 is 11.3 Å². The van der Waals surface area contributed by atoms with Crippen LogP contribution in [0.2, 0.25) is 0 Å². The van der Waals surface area contributed by atoms with Gasteiger partial charge in [0.05, 0.1) is 36.8 Å². The van der Waals surface area contributed by atoms with Crippen molar-refractivity contribution in [1.82, 2.24) is 20.3 Å². The Hall–Kier alpha value is -2.84. The Labute approximate surface area is 204 Å². The molecule has 2 fully saturated rings. The third-order valence-electron chi connectivity index (χ3n) is 6.55. The molecule has 5 rings (SSSR count). The standard InChI is InChI=1S/C26H30N4O3S/c1-16-11-28-23(12-27-16)17(2)30-25(31)20-8-21(26-29-13-24(34-26)19-4-3-5-19)10-22(9-20)33-15-18-6-7-32-14-18/h8-13,17-19H,3-7,14-15H2,1-2H3,(H,30,31)/t17?,18-/m0/s1. The Kier molecular flexibility index (Phi) is 6.87. The van der Waals surface area contributed by atoms with E-state index in [1.807, 2.05) is 38.2 Å². The minimum Gasteiger partial charge on any atom is -0.493 e. The van der Waals surface area contributed by atoms with E-state index >= 15 is 0 Å². The Balaban J connectivity index is 1.38. The lowest BCUT2D eigenvalue weighted by molar-refractivity contribution is 0.0938. The lowest BCUT2D eigenvalue weighted by Gasteiger charge is -2.23. The molecule has 0 radical (unpaired) electrons. The molecule has 3 aromatic rings. The number of amides is 1. The molecule has 1 unspecified atom stereocenters. The number of aryl methyl sites for hydroxylation is 1. The fourth-order valence-corrected chi connectivity index (χ4v) is 5.22. The molecule has 1 saturated carbocycles. The Morgan fingerprint density at radius 2 is 2.06 bits per heavy atom. The molecule has 0 bridgehead atoms. The second-order valence-corrected chi connectivity index (χ2v) is 10.3. The van der Waals surface area contributed by atoms with E-state index in [0.29, 0.717) is 29.8 Å². The molecule has 0 spiro atoms. The molecule has 34 heavy (non-hydrogen) atoms. The van der Waals surface area contributed by atoms with Crippen molar-refractivity contribution < 1.29 is 14.3 Å². The summed E-state index contributed by atoms with van der Waals surface area (Å²) in [5.41, 5.74) is 3.01. The van der Waals surface area contributed by atoms with Crippen molar-refractivity contribution >= 4 is 17.2 Å². The summed E-state index contributed by atoms with van der Waals surface area (Å²) in [5.74, 6) is 1.51. The number of hydrogen-bond acceptors (Lipinski definition) is 7. The molecule has 2 aliphatic rings. The number of thiazole rings is 1. The van der Waals surface area contributed by atoms with Crippen molar-refractivity contribution in [2.45, 2.75) is 51.5 Å². The van der Waals surface area contributed by atoms with Crippen molar-refractivity contribution in [3.8, 4) is 16.3 Å². The maximum Gasteiger partial charge on any atom is 0.251 e. The van der Waals surface area contributed by atoms with Crippen LogP contribution in [0.5, 0.6) is 5.75 Å². The smallest absolute Gasteiger partial charge is 0.251 e. The summed E-state index contributed by atoms with van der Waals surface area (Å²) in [5, 5.41) is 3.96. The number of aromatic nitrogens is 3. The minimum atomic E-state index is -0.269. The largest absolute Gasteiger partial charge is 0.493 e. The topological polar surface area (TPSA) is 86.2 Å². The summed E-state index contributed by atoms with van der Waals surface area (Å²) in [6.07, 6.45) is 10.2. The van der Waals surface area contributed by atoms with Crippen LogP contribution in [0.4, 0.5) is 0 Å². The second kappa shape index (κ2) is 10.2. The van der Waals surface area contributed by atoms with Gasteiger partial charge in [0.2, 0.25) is 0 Å². The zero-order valence-electron chi connectivity index (χ0n) is 19.6. The predicted molar refractivity (Wildman–Crippen MR) is 131 cm³/mol. The van der Waals surface area contributed by atoms with Gasteiger partial charge in [-0.2, -0.15) is 0 Å². The summed E-state index contributed by atoms with van der Waals surface area (Å²) >= 11 is 1.72. The second-order valence-electron chi connectivity index (χ2n) is 9.26. The number of carbonyl (C=O) groups excluding carboxylic acids is 1. The third kappa shape index (κ3) is 5.28. The third-order valence-corrected chi connectivity index (χ3v) is 7.76. The van der Waals surface area contributed by atoms with E-state index in [2.05, 4.69) is 20.3 Å². The van der Waals surface area contributed by atoms with Crippen LogP contribution in [0, 0.1) is 12.8 Å². The highest BCUT2D eigenvalue weighted by molar-refractivity contribution is 7.15. The number of nitrogens with zero attached hydrogens (tertiary/aromatic N) is 3. The van der Waals surface area contributed by atoms with Crippen LogP contribution in [0.15, 0.2) is 36.8 Å². The molecule has 1 N–H and O–H groups in total. The van der Waals surface area contributed by atoms with Gasteiger partial charge in [-0.1, -0.05) is 6.42 Å². The highest BCUT2D eigenvalue weighted by atomic mass is 32.1. The van der Waals surface area contributed by atoms with Gasteiger partial charge in [0.15, 0.2) is 0 Å². The fraction of sp³-hybridized carbons (Fsp3) is 0.462. The Morgan fingerprint density at radius 3 is 2.76 bits per heavy atom. The highest BCUT2D eigenvalue weighted by Crippen LogP contribution is 2.41. The number of rotatable bonds is 8. The first-order valence-electron chi connectivity index (χ1n) is 12.0. The van der Waals surface area contributed by atoms with E-state index in [0.717, 1.165) is 41.6 Å². The highest BCUT2D eigenvalue weighted by Gasteiger charge is 2.23. The summed E-state index contributed by atoms with van der Waals surface area (Å²) in [4.78, 5) is 27.9. The number of hydrogen-bond donors (Lipinski definition) is 1. The van der Waals surface area contributed by atoms with E-state index in [1.165, 1.54) is 24.1 Å². The zero-order chi connectivity index (χ0) is 23.5. The van der Waals surface area contributed by atoms with E-state index < -0.39 is 0 Å². The monoisotopic (exact) mass is 478 g/mol. The van der Waals surface area contributed by atoms with Gasteiger partial charge in [0.25, 0.3) is 5.91 Å². The summed E-state index contributed by atoms with van der Waals surface area (Å²) < 4.78 is 11.6. The van der Waals surface area contributed by atoms with Crippen LogP contribution < -0.4 is 10.1 Å². The number of nitrogens with one attached hydrogen (secondary N) is 1. The summed E-state index contributed by atoms with van der Waals surface area (Å²) in [6.45, 7) is 5.87. The van der Waals surface area contributed by atoms with Gasteiger partial charge in [-0.25, -0.2) is 4.98 Å². The molecule has 1 aromatic carbocycles. The average Bonchev–Trinajstić information content (AvgIpc) is 3.49. The maximum atomic E-state index is 13.2. The van der Waals surface area contributed by atoms with E-state index in [1.54, 1.807) is 23.7 Å². The van der Waals surface area contributed by atoms with E-state index in [9.17, 15) is 4.79 Å². The van der Waals surface area contributed by atoms with Crippen LogP contribution in [0.3, 0.4) is 0 Å². The van der Waals surface area contributed by atoms with Gasteiger partial charge in [-0.15, -0.1) is 11.3 Å². The Morgan fingerprint density at radius 1 is 1.18 bits per heavy atom. The van der Waals surface area contributed by atoms with E-state index in [4.69, 9.17) is 9.47 Å². The predicted octanol–water partition coefficient (Wildman–Crippen LogP) is 5.08. The van der Waals surface area contributed by atoms with Gasteiger partial charge in [-0.3, -0.25) is 14.8 Å². The first-order chi connectivity index (χ1) is 16.5. The maximum absolute atomic E-state index is 13.2.